The molecule has 2 aromatic heterocycles. The van der Waals surface area contributed by atoms with E-state index in [1.54, 1.807) is 18.4 Å². The second-order valence-electron chi connectivity index (χ2n) is 6.40. The first-order chi connectivity index (χ1) is 11.6. The fourth-order valence-electron chi connectivity index (χ4n) is 3.32. The summed E-state index contributed by atoms with van der Waals surface area (Å²) in [6.07, 6.45) is 3.90. The molecule has 0 bridgehead atoms. The molecular weight excluding hydrogens is 322 g/mol. The number of aromatic nitrogens is 2. The van der Waals surface area contributed by atoms with Crippen molar-refractivity contribution in [2.75, 3.05) is 26.8 Å². The van der Waals surface area contributed by atoms with E-state index < -0.39 is 0 Å². The smallest absolute Gasteiger partial charge is 0.263 e. The fourth-order valence-corrected chi connectivity index (χ4v) is 4.16. The molecule has 6 heteroatoms. The summed E-state index contributed by atoms with van der Waals surface area (Å²) in [4.78, 5) is 21.3. The average molecular weight is 347 g/mol. The number of carbonyl (C=O) groups is 1. The van der Waals surface area contributed by atoms with Gasteiger partial charge in [-0.2, -0.15) is 0 Å². The van der Waals surface area contributed by atoms with Gasteiger partial charge < -0.3 is 14.2 Å². The van der Waals surface area contributed by atoms with Gasteiger partial charge in [-0.3, -0.25) is 4.79 Å². The summed E-state index contributed by atoms with van der Waals surface area (Å²) >= 11 is 1.57. The predicted octanol–water partition coefficient (Wildman–Crippen LogP) is 3.23. The first-order valence-electron chi connectivity index (χ1n) is 8.47. The zero-order valence-corrected chi connectivity index (χ0v) is 15.4. The Morgan fingerprint density at radius 3 is 2.96 bits per heavy atom. The number of ether oxygens (including phenoxy) is 1. The quantitative estimate of drug-likeness (QED) is 0.754. The third kappa shape index (κ3) is 3.54. The Balaban J connectivity index is 1.68. The number of rotatable bonds is 6. The first-order valence-corrected chi connectivity index (χ1v) is 9.28. The molecule has 24 heavy (non-hydrogen) atoms. The minimum atomic E-state index is 0.157. The monoisotopic (exact) mass is 347 g/mol. The van der Waals surface area contributed by atoms with Crippen LogP contribution in [0.5, 0.6) is 0 Å². The van der Waals surface area contributed by atoms with E-state index in [1.807, 2.05) is 30.2 Å². The van der Waals surface area contributed by atoms with E-state index in [1.165, 1.54) is 10.6 Å². The highest BCUT2D eigenvalue weighted by Crippen LogP contribution is 2.29. The van der Waals surface area contributed by atoms with Gasteiger partial charge in [-0.25, -0.2) is 4.98 Å². The summed E-state index contributed by atoms with van der Waals surface area (Å²) in [5, 5.41) is 0. The standard InChI is InChI=1S/C18H25N3O2S/c1-13-11-19-17(21(13)8-4-10-23-3)15-7-9-20(12-15)18(22)16-6-5-14(2)24-16/h5-6,11,15H,4,7-10,12H2,1-3H3. The summed E-state index contributed by atoms with van der Waals surface area (Å²) in [5.74, 6) is 1.59. The van der Waals surface area contributed by atoms with Gasteiger partial charge >= 0.3 is 0 Å². The molecule has 130 valence electrons. The summed E-state index contributed by atoms with van der Waals surface area (Å²) in [7, 11) is 1.73. The molecular formula is C18H25N3O2S. The molecule has 3 rings (SSSR count). The van der Waals surface area contributed by atoms with Crippen LogP contribution in [0.3, 0.4) is 0 Å². The van der Waals surface area contributed by atoms with E-state index in [4.69, 9.17) is 4.74 Å². The molecule has 0 saturated carbocycles. The van der Waals surface area contributed by atoms with Gasteiger partial charge in [0, 0.05) is 56.0 Å². The first kappa shape index (κ1) is 17.2. The van der Waals surface area contributed by atoms with Gasteiger partial charge in [0.2, 0.25) is 0 Å². The van der Waals surface area contributed by atoms with Crippen LogP contribution < -0.4 is 0 Å². The van der Waals surface area contributed by atoms with Gasteiger partial charge in [0.1, 0.15) is 5.82 Å². The number of amides is 1. The molecule has 1 amide bonds. The highest BCUT2D eigenvalue weighted by Gasteiger charge is 2.31. The SMILES string of the molecule is COCCCn1c(C)cnc1C1CCN(C(=O)c2ccc(C)s2)C1. The predicted molar refractivity (Wildman–Crippen MR) is 95.8 cm³/mol. The molecule has 1 fully saturated rings. The Labute approximate surface area is 147 Å². The van der Waals surface area contributed by atoms with Gasteiger partial charge in [-0.05, 0) is 38.8 Å². The van der Waals surface area contributed by atoms with Gasteiger partial charge in [-0.1, -0.05) is 0 Å². The van der Waals surface area contributed by atoms with Gasteiger partial charge in [-0.15, -0.1) is 11.3 Å². The fraction of sp³-hybridized carbons (Fsp3) is 0.556. The lowest BCUT2D eigenvalue weighted by Crippen LogP contribution is -2.28. The Bertz CT molecular complexity index is 707. The summed E-state index contributed by atoms with van der Waals surface area (Å²) < 4.78 is 7.44. The maximum atomic E-state index is 12.6. The minimum Gasteiger partial charge on any atom is -0.385 e. The van der Waals surface area contributed by atoms with Gasteiger partial charge in [0.05, 0.1) is 4.88 Å². The number of likely N-dealkylation sites (tertiary alicyclic amines) is 1. The highest BCUT2D eigenvalue weighted by molar-refractivity contribution is 7.13. The van der Waals surface area contributed by atoms with Crippen molar-refractivity contribution in [3.63, 3.8) is 0 Å². The topological polar surface area (TPSA) is 47.4 Å². The van der Waals surface area contributed by atoms with Crippen molar-refractivity contribution < 1.29 is 9.53 Å². The Hall–Kier alpha value is -1.66. The molecule has 1 atom stereocenters. The number of nitrogens with zero attached hydrogens (tertiary/aromatic N) is 3. The molecule has 0 spiro atoms. The van der Waals surface area contributed by atoms with Crippen LogP contribution in [0.2, 0.25) is 0 Å². The zero-order valence-electron chi connectivity index (χ0n) is 14.6. The van der Waals surface area contributed by atoms with E-state index in [0.29, 0.717) is 5.92 Å². The van der Waals surface area contributed by atoms with Gasteiger partial charge in [0.25, 0.3) is 5.91 Å². The van der Waals surface area contributed by atoms with Crippen LogP contribution in [0.4, 0.5) is 0 Å². The molecule has 5 nitrogen and oxygen atoms in total. The number of aryl methyl sites for hydroxylation is 2. The Morgan fingerprint density at radius 2 is 2.25 bits per heavy atom. The van der Waals surface area contributed by atoms with Crippen LogP contribution in [-0.4, -0.2) is 47.2 Å². The van der Waals surface area contributed by atoms with E-state index in [2.05, 4.69) is 16.5 Å². The minimum absolute atomic E-state index is 0.157. The van der Waals surface area contributed by atoms with Crippen LogP contribution >= 0.6 is 11.3 Å². The molecule has 0 N–H and O–H groups in total. The van der Waals surface area contributed by atoms with E-state index >= 15 is 0 Å². The lowest BCUT2D eigenvalue weighted by Gasteiger charge is -2.17. The number of hydrogen-bond donors (Lipinski definition) is 0. The van der Waals surface area contributed by atoms with Crippen LogP contribution in [0.15, 0.2) is 18.3 Å². The number of methoxy groups -OCH3 is 1. The molecule has 1 aliphatic heterocycles. The normalized spacial score (nSPS) is 17.6. The number of carbonyl (C=O) groups excluding carboxylic acids is 1. The number of imidazole rings is 1. The molecule has 0 aromatic carbocycles. The molecule has 1 saturated heterocycles. The lowest BCUT2D eigenvalue weighted by molar-refractivity contribution is 0.0795. The number of hydrogen-bond acceptors (Lipinski definition) is 4. The second kappa shape index (κ2) is 7.49. The van der Waals surface area contributed by atoms with Crippen molar-refractivity contribution in [2.24, 2.45) is 0 Å². The average Bonchev–Trinajstić information content (AvgIpc) is 3.28. The van der Waals surface area contributed by atoms with Crippen molar-refractivity contribution in [3.8, 4) is 0 Å². The highest BCUT2D eigenvalue weighted by atomic mass is 32.1. The molecule has 0 aliphatic carbocycles. The van der Waals surface area contributed by atoms with Crippen molar-refractivity contribution in [1.29, 1.82) is 0 Å². The second-order valence-corrected chi connectivity index (χ2v) is 7.69. The summed E-state index contributed by atoms with van der Waals surface area (Å²) in [6.45, 7) is 7.37. The van der Waals surface area contributed by atoms with Gasteiger partial charge in [0.15, 0.2) is 0 Å². The maximum absolute atomic E-state index is 12.6. The van der Waals surface area contributed by atoms with Crippen LogP contribution in [0.1, 0.15) is 44.8 Å². The van der Waals surface area contributed by atoms with E-state index in [9.17, 15) is 4.79 Å². The van der Waals surface area contributed by atoms with E-state index in [-0.39, 0.29) is 5.91 Å². The summed E-state index contributed by atoms with van der Waals surface area (Å²) in [6, 6.07) is 3.95. The maximum Gasteiger partial charge on any atom is 0.263 e. The Kier molecular flexibility index (Phi) is 5.36. The van der Waals surface area contributed by atoms with Crippen molar-refractivity contribution >= 4 is 17.2 Å². The molecule has 0 radical (unpaired) electrons. The van der Waals surface area contributed by atoms with Crippen molar-refractivity contribution in [3.05, 3.63) is 39.6 Å². The lowest BCUT2D eigenvalue weighted by atomic mass is 10.1. The third-order valence-corrected chi connectivity index (χ3v) is 5.60. The van der Waals surface area contributed by atoms with Crippen molar-refractivity contribution in [2.45, 2.75) is 39.2 Å². The van der Waals surface area contributed by atoms with Crippen LogP contribution in [-0.2, 0) is 11.3 Å². The van der Waals surface area contributed by atoms with Crippen molar-refractivity contribution in [1.82, 2.24) is 14.5 Å². The third-order valence-electron chi connectivity index (χ3n) is 4.61. The van der Waals surface area contributed by atoms with E-state index in [0.717, 1.165) is 49.8 Å². The number of thiophene rings is 1. The molecule has 2 aromatic rings. The largest absolute Gasteiger partial charge is 0.385 e. The summed E-state index contributed by atoms with van der Waals surface area (Å²) in [5.41, 5.74) is 1.18. The Morgan fingerprint density at radius 1 is 1.42 bits per heavy atom. The van der Waals surface area contributed by atoms with Crippen LogP contribution in [0.25, 0.3) is 0 Å². The van der Waals surface area contributed by atoms with Crippen LogP contribution in [0, 0.1) is 13.8 Å². The zero-order chi connectivity index (χ0) is 17.1. The molecule has 1 unspecified atom stereocenters. The molecule has 1 aliphatic rings. The molecule has 3 heterocycles.